The van der Waals surface area contributed by atoms with Gasteiger partial charge in [-0.05, 0) is 54.6 Å². The summed E-state index contributed by atoms with van der Waals surface area (Å²) in [4.78, 5) is 13.7. The molecule has 2 heterocycles. The second-order valence-electron chi connectivity index (χ2n) is 5.38. The Bertz CT molecular complexity index is 767. The standard InChI is InChI=1S/C15H15BrN4OS/c1-8-12(16)7-20(19-8)9(2)14(21)18-15-11(6-17)10-4-3-5-13(10)22-15/h7,9H,3-5H2,1-2H3,(H,18,21)/t9-/m1/s1. The van der Waals surface area contributed by atoms with E-state index in [1.807, 2.05) is 6.92 Å². The maximum absolute atomic E-state index is 12.4. The van der Waals surface area contributed by atoms with Crippen LogP contribution in [0.2, 0.25) is 0 Å². The number of nitrogens with one attached hydrogen (secondary N) is 1. The first-order chi connectivity index (χ1) is 10.5. The van der Waals surface area contributed by atoms with Crippen LogP contribution in [0.3, 0.4) is 0 Å². The molecule has 2 aromatic rings. The molecule has 0 saturated carbocycles. The van der Waals surface area contributed by atoms with Crippen LogP contribution in [-0.4, -0.2) is 15.7 Å². The minimum Gasteiger partial charge on any atom is -0.315 e. The normalized spacial score (nSPS) is 14.5. The molecule has 114 valence electrons. The third-order valence-corrected chi connectivity index (χ3v) is 5.89. The number of carbonyl (C=O) groups excluding carboxylic acids is 1. The van der Waals surface area contributed by atoms with E-state index in [2.05, 4.69) is 32.4 Å². The first-order valence-corrected chi connectivity index (χ1v) is 8.69. The summed E-state index contributed by atoms with van der Waals surface area (Å²) in [5.74, 6) is -0.161. The number of hydrogen-bond acceptors (Lipinski definition) is 4. The highest BCUT2D eigenvalue weighted by Crippen LogP contribution is 2.38. The molecule has 1 amide bonds. The topological polar surface area (TPSA) is 70.7 Å². The predicted molar refractivity (Wildman–Crippen MR) is 89.1 cm³/mol. The molecule has 3 rings (SSSR count). The average molecular weight is 379 g/mol. The third-order valence-electron chi connectivity index (χ3n) is 3.90. The molecule has 0 fully saturated rings. The summed E-state index contributed by atoms with van der Waals surface area (Å²) in [6.45, 7) is 3.67. The van der Waals surface area contributed by atoms with Gasteiger partial charge in [-0.2, -0.15) is 10.4 Å². The van der Waals surface area contributed by atoms with E-state index in [4.69, 9.17) is 0 Å². The van der Waals surface area contributed by atoms with Gasteiger partial charge in [0.1, 0.15) is 17.1 Å². The number of aryl methyl sites for hydroxylation is 2. The molecule has 0 saturated heterocycles. The van der Waals surface area contributed by atoms with Gasteiger partial charge in [0.2, 0.25) is 5.91 Å². The van der Waals surface area contributed by atoms with E-state index < -0.39 is 6.04 Å². The lowest BCUT2D eigenvalue weighted by molar-refractivity contribution is -0.119. The van der Waals surface area contributed by atoms with Crippen molar-refractivity contribution in [3.8, 4) is 6.07 Å². The van der Waals surface area contributed by atoms with Crippen LogP contribution in [0.1, 0.15) is 41.1 Å². The van der Waals surface area contributed by atoms with E-state index in [0.717, 1.165) is 35.0 Å². The Morgan fingerprint density at radius 2 is 2.36 bits per heavy atom. The lowest BCUT2D eigenvalue weighted by atomic mass is 10.1. The Hall–Kier alpha value is -1.65. The first-order valence-electron chi connectivity index (χ1n) is 7.08. The molecule has 1 atom stereocenters. The Morgan fingerprint density at radius 3 is 3.00 bits per heavy atom. The molecule has 1 aliphatic rings. The molecule has 7 heteroatoms. The van der Waals surface area contributed by atoms with E-state index >= 15 is 0 Å². The van der Waals surface area contributed by atoms with E-state index in [1.165, 1.54) is 16.2 Å². The van der Waals surface area contributed by atoms with Crippen LogP contribution in [0.4, 0.5) is 5.00 Å². The van der Waals surface area contributed by atoms with Gasteiger partial charge >= 0.3 is 0 Å². The molecule has 0 unspecified atom stereocenters. The molecule has 5 nitrogen and oxygen atoms in total. The molecule has 1 aliphatic carbocycles. The summed E-state index contributed by atoms with van der Waals surface area (Å²) in [5.41, 5.74) is 2.59. The summed E-state index contributed by atoms with van der Waals surface area (Å²) >= 11 is 4.93. The molecule has 0 aliphatic heterocycles. The maximum Gasteiger partial charge on any atom is 0.249 e. The zero-order chi connectivity index (χ0) is 15.9. The fourth-order valence-corrected chi connectivity index (χ4v) is 4.14. The van der Waals surface area contributed by atoms with Gasteiger partial charge in [0.05, 0.1) is 15.7 Å². The van der Waals surface area contributed by atoms with Crippen molar-refractivity contribution in [1.82, 2.24) is 9.78 Å². The fourth-order valence-electron chi connectivity index (χ4n) is 2.60. The van der Waals surface area contributed by atoms with E-state index in [9.17, 15) is 10.1 Å². The number of nitriles is 1. The number of anilines is 1. The SMILES string of the molecule is Cc1nn([C@H](C)C(=O)Nc2sc3c(c2C#N)CCC3)cc1Br. The van der Waals surface area contributed by atoms with Crippen LogP contribution in [0, 0.1) is 18.3 Å². The second-order valence-corrected chi connectivity index (χ2v) is 7.34. The quantitative estimate of drug-likeness (QED) is 0.886. The van der Waals surface area contributed by atoms with Crippen LogP contribution < -0.4 is 5.32 Å². The fraction of sp³-hybridized carbons (Fsp3) is 0.400. The Balaban J connectivity index is 1.81. The number of amides is 1. The van der Waals surface area contributed by atoms with Gasteiger partial charge in [0.15, 0.2) is 0 Å². The third kappa shape index (κ3) is 2.57. The van der Waals surface area contributed by atoms with Crippen LogP contribution in [0.25, 0.3) is 0 Å². The summed E-state index contributed by atoms with van der Waals surface area (Å²) in [6.07, 6.45) is 4.83. The van der Waals surface area contributed by atoms with Crippen molar-refractivity contribution in [3.05, 3.63) is 32.4 Å². The van der Waals surface area contributed by atoms with Crippen molar-refractivity contribution in [2.45, 2.75) is 39.2 Å². The number of rotatable bonds is 3. The van der Waals surface area contributed by atoms with Gasteiger partial charge in [0, 0.05) is 11.1 Å². The number of carbonyl (C=O) groups is 1. The van der Waals surface area contributed by atoms with Gasteiger partial charge < -0.3 is 5.32 Å². The lowest BCUT2D eigenvalue weighted by Crippen LogP contribution is -2.24. The van der Waals surface area contributed by atoms with Crippen molar-refractivity contribution in [3.63, 3.8) is 0 Å². The predicted octanol–water partition coefficient (Wildman–Crippen LogP) is 3.58. The van der Waals surface area contributed by atoms with Gasteiger partial charge in [-0.3, -0.25) is 9.48 Å². The monoisotopic (exact) mass is 378 g/mol. The minimum atomic E-state index is -0.437. The number of aromatic nitrogens is 2. The van der Waals surface area contributed by atoms with E-state index in [1.54, 1.807) is 17.8 Å². The summed E-state index contributed by atoms with van der Waals surface area (Å²) < 4.78 is 2.50. The zero-order valence-electron chi connectivity index (χ0n) is 12.3. The zero-order valence-corrected chi connectivity index (χ0v) is 14.7. The summed E-state index contributed by atoms with van der Waals surface area (Å²) in [6, 6.07) is 1.80. The number of halogens is 1. The first kappa shape index (κ1) is 15.3. The van der Waals surface area contributed by atoms with Crippen molar-refractivity contribution < 1.29 is 4.79 Å². The molecular formula is C15H15BrN4OS. The largest absolute Gasteiger partial charge is 0.315 e. The van der Waals surface area contributed by atoms with Crippen LogP contribution in [-0.2, 0) is 17.6 Å². The number of nitrogens with zero attached hydrogens (tertiary/aromatic N) is 3. The highest BCUT2D eigenvalue weighted by Gasteiger charge is 2.25. The van der Waals surface area contributed by atoms with Crippen molar-refractivity contribution in [2.24, 2.45) is 0 Å². The smallest absolute Gasteiger partial charge is 0.249 e. The molecule has 0 bridgehead atoms. The van der Waals surface area contributed by atoms with Crippen LogP contribution in [0.15, 0.2) is 10.7 Å². The summed E-state index contributed by atoms with van der Waals surface area (Å²) in [7, 11) is 0. The van der Waals surface area contributed by atoms with Crippen molar-refractivity contribution in [2.75, 3.05) is 5.32 Å². The van der Waals surface area contributed by atoms with Crippen molar-refractivity contribution >= 4 is 38.2 Å². The average Bonchev–Trinajstić information content (AvgIpc) is 3.13. The molecule has 0 aromatic carbocycles. The molecule has 0 spiro atoms. The Labute approximate surface area is 141 Å². The Morgan fingerprint density at radius 1 is 1.59 bits per heavy atom. The second kappa shape index (κ2) is 5.86. The summed E-state index contributed by atoms with van der Waals surface area (Å²) in [5, 5.41) is 17.2. The minimum absolute atomic E-state index is 0.161. The molecule has 1 N–H and O–H groups in total. The molecular weight excluding hydrogens is 364 g/mol. The van der Waals surface area contributed by atoms with Crippen molar-refractivity contribution in [1.29, 1.82) is 5.26 Å². The van der Waals surface area contributed by atoms with E-state index in [0.29, 0.717) is 10.6 Å². The van der Waals surface area contributed by atoms with Gasteiger partial charge in [-0.15, -0.1) is 11.3 Å². The van der Waals surface area contributed by atoms with Gasteiger partial charge in [-0.1, -0.05) is 0 Å². The number of thiophene rings is 1. The van der Waals surface area contributed by atoms with Gasteiger partial charge in [0.25, 0.3) is 0 Å². The van der Waals surface area contributed by atoms with Gasteiger partial charge in [-0.25, -0.2) is 0 Å². The van der Waals surface area contributed by atoms with Crippen LogP contribution >= 0.6 is 27.3 Å². The highest BCUT2D eigenvalue weighted by atomic mass is 79.9. The highest BCUT2D eigenvalue weighted by molar-refractivity contribution is 9.10. The Kier molecular flexibility index (Phi) is 4.06. The van der Waals surface area contributed by atoms with Crippen LogP contribution in [0.5, 0.6) is 0 Å². The maximum atomic E-state index is 12.4. The molecule has 0 radical (unpaired) electrons. The molecule has 22 heavy (non-hydrogen) atoms. The number of hydrogen-bond donors (Lipinski definition) is 1. The van der Waals surface area contributed by atoms with E-state index in [-0.39, 0.29) is 5.91 Å². The molecule has 2 aromatic heterocycles. The number of fused-ring (bicyclic) bond motifs is 1. The lowest BCUT2D eigenvalue weighted by Gasteiger charge is -2.12.